The highest BCUT2D eigenvalue weighted by Gasteiger charge is 2.36. The van der Waals surface area contributed by atoms with E-state index in [0.717, 1.165) is 0 Å². The number of carbonyl (C=O) groups is 10. The fourth-order valence-electron chi connectivity index (χ4n) is 5.69. The van der Waals surface area contributed by atoms with E-state index in [0.29, 0.717) is 11.3 Å². The van der Waals surface area contributed by atoms with E-state index in [1.807, 2.05) is 5.32 Å². The van der Waals surface area contributed by atoms with Crippen LogP contribution in [-0.4, -0.2) is 165 Å². The SMILES string of the molecule is CSCC[C@H](NC(=O)[C@@H](NC(=O)[C@H](CC(N)=O)NC(=O)[C@H](CS)NC(=O)[C@@H](NC(=O)[C@H](CO)NC(=O)[C@@H](N)Cc1ccc(O)cc1)C(C)C)C(C)C)C(=O)N[C@@H](CO)C(=O)NCC(=O)O. The van der Waals surface area contributed by atoms with E-state index in [1.165, 1.54) is 23.9 Å². The third kappa shape index (κ3) is 20.3. The van der Waals surface area contributed by atoms with Crippen LogP contribution in [0.15, 0.2) is 24.3 Å². The van der Waals surface area contributed by atoms with Gasteiger partial charge in [-0.2, -0.15) is 24.4 Å². The predicted octanol–water partition coefficient (Wildman–Crippen LogP) is -5.29. The standard InChI is InChI=1S/C39H62N10O14S2/c1-18(2)30(38(62)43-23(10-11-65-5)34(58)46-25(15-50)33(57)42-14-29(54)55)48-35(59)24(13-28(41)53)44-37(61)27(17-64)47-39(63)31(19(3)4)49-36(60)26(16-51)45-32(56)22(40)12-20-6-8-21(52)9-7-20/h6-9,18-19,22-27,30-31,50-52,64H,10-17,40H2,1-5H3,(H2,41,53)(H,42,57)(H,43,62)(H,44,61)(H,45,56)(H,46,58)(H,47,63)(H,48,59)(H,49,60)(H,54,55)/t22-,23-,24-,25-,26-,27-,30-,31-/m0/s1. The van der Waals surface area contributed by atoms with E-state index in [2.05, 4.69) is 49.8 Å². The maximum absolute atomic E-state index is 13.6. The zero-order valence-corrected chi connectivity index (χ0v) is 38.3. The number of thiol groups is 1. The van der Waals surface area contributed by atoms with Crippen molar-refractivity contribution < 1.29 is 68.4 Å². The molecule has 1 aromatic rings. The molecule has 0 fully saturated rings. The number of rotatable bonds is 29. The molecule has 0 aliphatic rings. The van der Waals surface area contributed by atoms with Crippen LogP contribution in [0.2, 0.25) is 0 Å². The van der Waals surface area contributed by atoms with Crippen LogP contribution in [0.1, 0.15) is 46.1 Å². The topological polar surface area (TPSA) is 400 Å². The molecule has 0 aliphatic carbocycles. The lowest BCUT2D eigenvalue weighted by atomic mass is 10.0. The van der Waals surface area contributed by atoms with Crippen LogP contribution in [0.4, 0.5) is 0 Å². The van der Waals surface area contributed by atoms with Gasteiger partial charge in [-0.3, -0.25) is 47.9 Å². The monoisotopic (exact) mass is 958 g/mol. The van der Waals surface area contributed by atoms with Gasteiger partial charge in [-0.25, -0.2) is 0 Å². The Balaban J connectivity index is 3.13. The maximum Gasteiger partial charge on any atom is 0.322 e. The number of aliphatic hydroxyl groups excluding tert-OH is 2. The fourth-order valence-corrected chi connectivity index (χ4v) is 6.41. The lowest BCUT2D eigenvalue weighted by Gasteiger charge is -2.29. The third-order valence-corrected chi connectivity index (χ3v) is 10.4. The van der Waals surface area contributed by atoms with E-state index < -0.39 is 145 Å². The first-order valence-corrected chi connectivity index (χ1v) is 22.3. The number of nitrogens with two attached hydrogens (primary N) is 2. The van der Waals surface area contributed by atoms with Gasteiger partial charge in [-0.05, 0) is 54.4 Å². The number of carboxylic acid groups (broad SMARTS) is 1. The number of carbonyl (C=O) groups excluding carboxylic acids is 9. The summed E-state index contributed by atoms with van der Waals surface area (Å²) in [4.78, 5) is 129. The molecule has 0 aromatic heterocycles. The van der Waals surface area contributed by atoms with Crippen molar-refractivity contribution in [2.24, 2.45) is 23.3 Å². The molecule has 0 spiro atoms. The van der Waals surface area contributed by atoms with Crippen LogP contribution in [0.25, 0.3) is 0 Å². The summed E-state index contributed by atoms with van der Waals surface area (Å²) in [5, 5.41) is 56.6. The molecule has 26 heteroatoms. The Hall–Kier alpha value is -5.70. The Morgan fingerprint density at radius 3 is 1.52 bits per heavy atom. The van der Waals surface area contributed by atoms with Crippen molar-refractivity contribution in [2.45, 2.75) is 95.3 Å². The summed E-state index contributed by atoms with van der Waals surface area (Å²) in [5.41, 5.74) is 12.0. The van der Waals surface area contributed by atoms with Crippen molar-refractivity contribution >= 4 is 83.5 Å². The molecular weight excluding hydrogens is 897 g/mol. The number of amides is 9. The van der Waals surface area contributed by atoms with Gasteiger partial charge >= 0.3 is 5.97 Å². The molecule has 1 aromatic carbocycles. The molecule has 16 N–H and O–H groups in total. The summed E-state index contributed by atoms with van der Waals surface area (Å²) in [7, 11) is 0. The second kappa shape index (κ2) is 29.0. The second-order valence-electron chi connectivity index (χ2n) is 15.4. The highest BCUT2D eigenvalue weighted by atomic mass is 32.2. The van der Waals surface area contributed by atoms with Gasteiger partial charge in [0.1, 0.15) is 54.6 Å². The Bertz CT molecular complexity index is 1820. The average molecular weight is 959 g/mol. The highest BCUT2D eigenvalue weighted by Crippen LogP contribution is 2.12. The van der Waals surface area contributed by atoms with E-state index in [9.17, 15) is 63.3 Å². The summed E-state index contributed by atoms with van der Waals surface area (Å²) in [6.45, 7) is 3.63. The number of phenolic OH excluding ortho intramolecular Hbond substituents is 1. The van der Waals surface area contributed by atoms with E-state index in [-0.39, 0.29) is 24.3 Å². The fraction of sp³-hybridized carbons (Fsp3) is 0.590. The number of aliphatic hydroxyl groups is 2. The molecule has 24 nitrogen and oxygen atoms in total. The number of hydrogen-bond donors (Lipinski definition) is 15. The lowest BCUT2D eigenvalue weighted by Crippen LogP contribution is -2.62. The molecule has 65 heavy (non-hydrogen) atoms. The van der Waals surface area contributed by atoms with Gasteiger partial charge in [0.15, 0.2) is 0 Å². The van der Waals surface area contributed by atoms with Crippen molar-refractivity contribution in [2.75, 3.05) is 37.5 Å². The number of nitrogens with one attached hydrogen (secondary N) is 8. The molecule has 0 radical (unpaired) electrons. The molecule has 8 atom stereocenters. The Morgan fingerprint density at radius 2 is 1.06 bits per heavy atom. The van der Waals surface area contributed by atoms with Gasteiger partial charge in [0.2, 0.25) is 53.2 Å². The smallest absolute Gasteiger partial charge is 0.322 e. The summed E-state index contributed by atoms with van der Waals surface area (Å²) in [6.07, 6.45) is 0.989. The summed E-state index contributed by atoms with van der Waals surface area (Å²) in [6, 6.07) is -5.63. The maximum atomic E-state index is 13.6. The minimum Gasteiger partial charge on any atom is -0.508 e. The first kappa shape index (κ1) is 57.3. The normalized spacial score (nSPS) is 14.8. The highest BCUT2D eigenvalue weighted by molar-refractivity contribution is 7.98. The van der Waals surface area contributed by atoms with Crippen molar-refractivity contribution in [1.82, 2.24) is 42.5 Å². The number of phenols is 1. The van der Waals surface area contributed by atoms with Gasteiger partial charge in [0.25, 0.3) is 0 Å². The van der Waals surface area contributed by atoms with Crippen LogP contribution in [0.3, 0.4) is 0 Å². The van der Waals surface area contributed by atoms with Crippen molar-refractivity contribution in [3.63, 3.8) is 0 Å². The lowest BCUT2D eigenvalue weighted by molar-refractivity contribution is -0.139. The molecule has 0 bridgehead atoms. The molecule has 9 amide bonds. The van der Waals surface area contributed by atoms with Gasteiger partial charge in [0, 0.05) is 5.75 Å². The van der Waals surface area contributed by atoms with Crippen LogP contribution in [0.5, 0.6) is 5.75 Å². The van der Waals surface area contributed by atoms with Gasteiger partial charge < -0.3 is 74.4 Å². The number of hydrogen-bond acceptors (Lipinski definition) is 16. The van der Waals surface area contributed by atoms with E-state index in [1.54, 1.807) is 46.1 Å². The summed E-state index contributed by atoms with van der Waals surface area (Å²) < 4.78 is 0. The van der Waals surface area contributed by atoms with Crippen LogP contribution >= 0.6 is 24.4 Å². The Morgan fingerprint density at radius 1 is 0.631 bits per heavy atom. The summed E-state index contributed by atoms with van der Waals surface area (Å²) >= 11 is 5.45. The van der Waals surface area contributed by atoms with Crippen molar-refractivity contribution in [3.8, 4) is 5.75 Å². The van der Waals surface area contributed by atoms with Crippen molar-refractivity contribution in [3.05, 3.63) is 29.8 Å². The molecule has 0 unspecified atom stereocenters. The van der Waals surface area contributed by atoms with E-state index >= 15 is 0 Å². The molecule has 0 saturated carbocycles. The zero-order valence-electron chi connectivity index (χ0n) is 36.6. The van der Waals surface area contributed by atoms with Gasteiger partial charge in [-0.15, -0.1) is 0 Å². The zero-order chi connectivity index (χ0) is 49.6. The van der Waals surface area contributed by atoms with Crippen LogP contribution < -0.4 is 54.0 Å². The first-order chi connectivity index (χ1) is 30.5. The minimum absolute atomic E-state index is 0.00585. The number of benzene rings is 1. The number of aliphatic carboxylic acids is 1. The first-order valence-electron chi connectivity index (χ1n) is 20.2. The summed E-state index contributed by atoms with van der Waals surface area (Å²) in [5.74, 6) is -11.3. The van der Waals surface area contributed by atoms with Crippen LogP contribution in [0, 0.1) is 11.8 Å². The number of carboxylic acids is 1. The Kier molecular flexibility index (Phi) is 25.5. The molecule has 0 heterocycles. The Labute approximate surface area is 385 Å². The number of primary amides is 1. The van der Waals surface area contributed by atoms with Gasteiger partial charge in [0.05, 0.1) is 25.7 Å². The molecule has 1 rings (SSSR count). The predicted molar refractivity (Wildman–Crippen MR) is 238 cm³/mol. The second-order valence-corrected chi connectivity index (χ2v) is 16.7. The number of aromatic hydroxyl groups is 1. The largest absolute Gasteiger partial charge is 0.508 e. The number of thioether (sulfide) groups is 1. The quantitative estimate of drug-likeness (QED) is 0.0334. The van der Waals surface area contributed by atoms with E-state index in [4.69, 9.17) is 16.6 Å². The molecular formula is C39H62N10O14S2. The third-order valence-electron chi connectivity index (χ3n) is 9.36. The molecule has 0 saturated heterocycles. The van der Waals surface area contributed by atoms with Crippen molar-refractivity contribution in [1.29, 1.82) is 0 Å². The molecule has 0 aliphatic heterocycles. The minimum atomic E-state index is -1.71. The van der Waals surface area contributed by atoms with Gasteiger partial charge in [-0.1, -0.05) is 39.8 Å². The molecule has 364 valence electrons. The van der Waals surface area contributed by atoms with Crippen LogP contribution in [-0.2, 0) is 54.4 Å². The average Bonchev–Trinajstić information content (AvgIpc) is 3.24.